The Morgan fingerprint density at radius 3 is 2.58 bits per heavy atom. The first-order valence-electron chi connectivity index (χ1n) is 9.71. The fourth-order valence-corrected chi connectivity index (χ4v) is 4.17. The highest BCUT2D eigenvalue weighted by Gasteiger charge is 2.12. The van der Waals surface area contributed by atoms with Crippen molar-refractivity contribution in [2.75, 3.05) is 64.8 Å². The van der Waals surface area contributed by atoms with Crippen molar-refractivity contribution in [3.63, 3.8) is 0 Å². The number of amides is 1. The van der Waals surface area contributed by atoms with E-state index in [0.29, 0.717) is 12.1 Å². The van der Waals surface area contributed by atoms with Gasteiger partial charge in [-0.05, 0) is 38.1 Å². The van der Waals surface area contributed by atoms with Crippen LogP contribution in [0.2, 0.25) is 0 Å². The molecular formula is C19H30N4O2S. The van der Waals surface area contributed by atoms with Crippen molar-refractivity contribution in [2.24, 2.45) is 0 Å². The molecule has 3 rings (SSSR count). The molecular weight excluding hydrogens is 348 g/mol. The fraction of sp³-hybridized carbons (Fsp3) is 0.684. The maximum Gasteiger partial charge on any atom is 0.252 e. The molecule has 2 saturated heterocycles. The number of ether oxygens (including phenoxy) is 1. The van der Waals surface area contributed by atoms with Gasteiger partial charge in [-0.1, -0.05) is 6.42 Å². The number of pyridine rings is 1. The Morgan fingerprint density at radius 2 is 1.85 bits per heavy atom. The van der Waals surface area contributed by atoms with E-state index in [1.54, 1.807) is 18.0 Å². The van der Waals surface area contributed by atoms with Gasteiger partial charge in [-0.25, -0.2) is 4.98 Å². The van der Waals surface area contributed by atoms with Gasteiger partial charge in [-0.15, -0.1) is 11.8 Å². The van der Waals surface area contributed by atoms with Crippen LogP contribution < -0.4 is 5.32 Å². The summed E-state index contributed by atoms with van der Waals surface area (Å²) in [5.74, 6) is 1.01. The number of hydrogen-bond donors (Lipinski definition) is 1. The van der Waals surface area contributed by atoms with Crippen LogP contribution >= 0.6 is 11.8 Å². The number of hydrogen-bond acceptors (Lipinski definition) is 6. The summed E-state index contributed by atoms with van der Waals surface area (Å²) in [6, 6.07) is 3.83. The predicted octanol–water partition coefficient (Wildman–Crippen LogP) is 1.72. The maximum absolute atomic E-state index is 12.2. The molecule has 0 unspecified atom stereocenters. The summed E-state index contributed by atoms with van der Waals surface area (Å²) in [5, 5.41) is 3.97. The maximum atomic E-state index is 12.2. The second-order valence-corrected chi connectivity index (χ2v) is 7.96. The van der Waals surface area contributed by atoms with Crippen molar-refractivity contribution in [1.82, 2.24) is 20.1 Å². The van der Waals surface area contributed by atoms with Crippen LogP contribution in [0.15, 0.2) is 23.4 Å². The molecule has 1 aromatic rings. The first-order chi connectivity index (χ1) is 12.8. The second-order valence-electron chi connectivity index (χ2n) is 6.85. The van der Waals surface area contributed by atoms with Gasteiger partial charge in [0.1, 0.15) is 0 Å². The quantitative estimate of drug-likeness (QED) is 0.695. The van der Waals surface area contributed by atoms with Crippen molar-refractivity contribution in [1.29, 1.82) is 0 Å². The molecule has 26 heavy (non-hydrogen) atoms. The van der Waals surface area contributed by atoms with E-state index in [4.69, 9.17) is 4.74 Å². The van der Waals surface area contributed by atoms with E-state index in [9.17, 15) is 4.79 Å². The van der Waals surface area contributed by atoms with E-state index in [-0.39, 0.29) is 5.91 Å². The summed E-state index contributed by atoms with van der Waals surface area (Å²) in [6.45, 7) is 8.58. The molecule has 3 heterocycles. The number of thioether (sulfide) groups is 1. The lowest BCUT2D eigenvalue weighted by atomic mass is 10.1. The molecule has 2 aliphatic heterocycles. The SMILES string of the molecule is O=C(NCCN1CCOCC1)c1ccc(SCCN2CCCCC2)nc1. The predicted molar refractivity (Wildman–Crippen MR) is 105 cm³/mol. The van der Waals surface area contributed by atoms with Crippen LogP contribution in [-0.2, 0) is 4.74 Å². The van der Waals surface area contributed by atoms with E-state index >= 15 is 0 Å². The van der Waals surface area contributed by atoms with Gasteiger partial charge in [-0.3, -0.25) is 9.69 Å². The standard InChI is InChI=1S/C19H30N4O2S/c24-19(20-6-9-23-10-13-25-14-11-23)17-4-5-18(21-16-17)26-15-12-22-7-2-1-3-8-22/h4-5,16H,1-3,6-15H2,(H,20,24). The Balaban J connectivity index is 1.34. The number of morpholine rings is 1. The number of carbonyl (C=O) groups excluding carboxylic acids is 1. The number of likely N-dealkylation sites (tertiary alicyclic amines) is 1. The number of carbonyl (C=O) groups is 1. The van der Waals surface area contributed by atoms with Crippen molar-refractivity contribution >= 4 is 17.7 Å². The van der Waals surface area contributed by atoms with Gasteiger partial charge >= 0.3 is 0 Å². The highest BCUT2D eigenvalue weighted by atomic mass is 32.2. The van der Waals surface area contributed by atoms with Gasteiger partial charge in [0, 0.05) is 44.7 Å². The van der Waals surface area contributed by atoms with Gasteiger partial charge in [-0.2, -0.15) is 0 Å². The molecule has 144 valence electrons. The van der Waals surface area contributed by atoms with Crippen LogP contribution in [0.1, 0.15) is 29.6 Å². The third-order valence-corrected chi connectivity index (χ3v) is 5.85. The summed E-state index contributed by atoms with van der Waals surface area (Å²) in [7, 11) is 0. The average Bonchev–Trinajstić information content (AvgIpc) is 2.70. The Labute approximate surface area is 160 Å². The van der Waals surface area contributed by atoms with Crippen LogP contribution in [0, 0.1) is 0 Å². The van der Waals surface area contributed by atoms with E-state index in [1.165, 1.54) is 32.4 Å². The Hall–Kier alpha value is -1.15. The first-order valence-corrected chi connectivity index (χ1v) is 10.7. The molecule has 0 atom stereocenters. The minimum Gasteiger partial charge on any atom is -0.379 e. The molecule has 1 amide bonds. The molecule has 2 fully saturated rings. The summed E-state index contributed by atoms with van der Waals surface area (Å²) in [5.41, 5.74) is 0.632. The monoisotopic (exact) mass is 378 g/mol. The number of nitrogens with one attached hydrogen (secondary N) is 1. The van der Waals surface area contributed by atoms with Gasteiger partial charge in [0.05, 0.1) is 23.8 Å². The van der Waals surface area contributed by atoms with Crippen LogP contribution in [0.25, 0.3) is 0 Å². The summed E-state index contributed by atoms with van der Waals surface area (Å²) in [4.78, 5) is 21.5. The highest BCUT2D eigenvalue weighted by Crippen LogP contribution is 2.17. The Bertz CT molecular complexity index is 543. The van der Waals surface area contributed by atoms with Crippen molar-refractivity contribution in [2.45, 2.75) is 24.3 Å². The van der Waals surface area contributed by atoms with E-state index in [0.717, 1.165) is 50.2 Å². The lowest BCUT2D eigenvalue weighted by Crippen LogP contribution is -2.41. The molecule has 2 aliphatic rings. The summed E-state index contributed by atoms with van der Waals surface area (Å²) in [6.07, 6.45) is 5.73. The molecule has 7 heteroatoms. The van der Waals surface area contributed by atoms with E-state index in [1.807, 2.05) is 12.1 Å². The molecule has 0 aliphatic carbocycles. The largest absolute Gasteiger partial charge is 0.379 e. The van der Waals surface area contributed by atoms with Gasteiger partial charge in [0.2, 0.25) is 0 Å². The summed E-state index contributed by atoms with van der Waals surface area (Å²) < 4.78 is 5.33. The lowest BCUT2D eigenvalue weighted by molar-refractivity contribution is 0.0383. The zero-order valence-electron chi connectivity index (χ0n) is 15.5. The third kappa shape index (κ3) is 6.54. The van der Waals surface area contributed by atoms with E-state index < -0.39 is 0 Å². The normalized spacial score (nSPS) is 19.4. The summed E-state index contributed by atoms with van der Waals surface area (Å²) >= 11 is 1.77. The highest BCUT2D eigenvalue weighted by molar-refractivity contribution is 7.99. The van der Waals surface area contributed by atoms with E-state index in [2.05, 4.69) is 20.1 Å². The molecule has 1 N–H and O–H groups in total. The Morgan fingerprint density at radius 1 is 1.08 bits per heavy atom. The number of nitrogens with zero attached hydrogens (tertiary/aromatic N) is 3. The molecule has 0 bridgehead atoms. The number of aromatic nitrogens is 1. The van der Waals surface area contributed by atoms with Crippen LogP contribution in [0.5, 0.6) is 0 Å². The fourth-order valence-electron chi connectivity index (χ4n) is 3.32. The molecule has 0 spiro atoms. The number of piperidine rings is 1. The van der Waals surface area contributed by atoms with Crippen molar-refractivity contribution in [3.05, 3.63) is 23.9 Å². The van der Waals surface area contributed by atoms with Crippen molar-refractivity contribution in [3.8, 4) is 0 Å². The number of rotatable bonds is 8. The zero-order chi connectivity index (χ0) is 18.0. The second kappa shape index (κ2) is 10.9. The molecule has 0 radical (unpaired) electrons. The van der Waals surface area contributed by atoms with Crippen LogP contribution in [0.3, 0.4) is 0 Å². The minimum atomic E-state index is -0.0457. The van der Waals surface area contributed by atoms with Gasteiger partial charge in [0.15, 0.2) is 0 Å². The van der Waals surface area contributed by atoms with Crippen molar-refractivity contribution < 1.29 is 9.53 Å². The average molecular weight is 379 g/mol. The zero-order valence-corrected chi connectivity index (χ0v) is 16.3. The first kappa shape index (κ1) is 19.6. The molecule has 1 aromatic heterocycles. The smallest absolute Gasteiger partial charge is 0.252 e. The molecule has 0 saturated carbocycles. The van der Waals surface area contributed by atoms with Gasteiger partial charge < -0.3 is 15.0 Å². The lowest BCUT2D eigenvalue weighted by Gasteiger charge is -2.26. The topological polar surface area (TPSA) is 57.7 Å². The van der Waals surface area contributed by atoms with Crippen LogP contribution in [0.4, 0.5) is 0 Å². The van der Waals surface area contributed by atoms with Gasteiger partial charge in [0.25, 0.3) is 5.91 Å². The minimum absolute atomic E-state index is 0.0457. The Kier molecular flexibility index (Phi) is 8.20. The van der Waals surface area contributed by atoms with Crippen LogP contribution in [-0.4, -0.2) is 85.5 Å². The molecule has 6 nitrogen and oxygen atoms in total. The third-order valence-electron chi connectivity index (χ3n) is 4.92. The molecule has 0 aromatic carbocycles.